The first kappa shape index (κ1) is 16.4. The van der Waals surface area contributed by atoms with E-state index in [1.807, 2.05) is 30.5 Å². The second kappa shape index (κ2) is 6.35. The summed E-state index contributed by atoms with van der Waals surface area (Å²) in [6.07, 6.45) is 3.73. The van der Waals surface area contributed by atoms with Crippen LogP contribution in [0.2, 0.25) is 5.02 Å². The number of aromatic nitrogens is 2. The molecule has 4 rings (SSSR count). The molecule has 0 aliphatic heterocycles. The van der Waals surface area contributed by atoms with Gasteiger partial charge in [0.25, 0.3) is 0 Å². The van der Waals surface area contributed by atoms with Gasteiger partial charge in [-0.1, -0.05) is 18.5 Å². The molecule has 1 amide bonds. The Labute approximate surface area is 154 Å². The number of fused-ring (bicyclic) bond motifs is 1. The largest absolute Gasteiger partial charge is 0.487 e. The van der Waals surface area contributed by atoms with Crippen molar-refractivity contribution in [1.29, 1.82) is 0 Å². The van der Waals surface area contributed by atoms with E-state index in [0.717, 1.165) is 35.0 Å². The van der Waals surface area contributed by atoms with Crippen molar-refractivity contribution in [2.24, 2.45) is 5.41 Å². The first-order valence-electron chi connectivity index (χ1n) is 8.14. The molecule has 0 atom stereocenters. The van der Waals surface area contributed by atoms with E-state index in [0.29, 0.717) is 23.9 Å². The summed E-state index contributed by atoms with van der Waals surface area (Å²) in [5.41, 5.74) is 2.74. The maximum absolute atomic E-state index is 12.1. The molecule has 7 heteroatoms. The van der Waals surface area contributed by atoms with Crippen LogP contribution in [0.15, 0.2) is 29.8 Å². The first-order chi connectivity index (χ1) is 12.0. The van der Waals surface area contributed by atoms with Gasteiger partial charge < -0.3 is 15.0 Å². The Morgan fingerprint density at radius 1 is 1.44 bits per heavy atom. The quantitative estimate of drug-likeness (QED) is 0.676. The monoisotopic (exact) mass is 375 g/mol. The zero-order valence-corrected chi connectivity index (χ0v) is 15.3. The van der Waals surface area contributed by atoms with Gasteiger partial charge in [-0.3, -0.25) is 4.79 Å². The molecule has 1 aliphatic carbocycles. The molecule has 1 aromatic carbocycles. The number of amides is 1. The van der Waals surface area contributed by atoms with E-state index in [1.54, 1.807) is 6.20 Å². The number of benzene rings is 1. The van der Waals surface area contributed by atoms with Crippen LogP contribution in [0.4, 0.5) is 0 Å². The highest BCUT2D eigenvalue weighted by Gasteiger charge is 2.44. The number of carbonyl (C=O) groups is 1. The lowest BCUT2D eigenvalue weighted by molar-refractivity contribution is -0.125. The predicted molar refractivity (Wildman–Crippen MR) is 98.9 cm³/mol. The van der Waals surface area contributed by atoms with E-state index in [1.165, 1.54) is 11.5 Å². The smallest absolute Gasteiger partial charge is 0.226 e. The van der Waals surface area contributed by atoms with Crippen LogP contribution in [-0.2, 0) is 17.9 Å². The van der Waals surface area contributed by atoms with Crippen molar-refractivity contribution in [3.05, 3.63) is 46.1 Å². The van der Waals surface area contributed by atoms with E-state index in [4.69, 9.17) is 16.3 Å². The number of aromatic amines is 1. The molecule has 1 saturated carbocycles. The molecule has 0 spiro atoms. The Hall–Kier alpha value is -2.05. The molecular formula is C18H18ClN3O2S. The molecule has 2 heterocycles. The summed E-state index contributed by atoms with van der Waals surface area (Å²) in [7, 11) is 0. The van der Waals surface area contributed by atoms with Gasteiger partial charge in [-0.15, -0.1) is 0 Å². The molecule has 0 bridgehead atoms. The van der Waals surface area contributed by atoms with Gasteiger partial charge in [0.2, 0.25) is 5.91 Å². The lowest BCUT2D eigenvalue weighted by Gasteiger charge is -2.08. The zero-order valence-electron chi connectivity index (χ0n) is 13.8. The average molecular weight is 376 g/mol. The minimum absolute atomic E-state index is 0.123. The second-order valence-electron chi connectivity index (χ2n) is 6.73. The summed E-state index contributed by atoms with van der Waals surface area (Å²) >= 11 is 7.72. The predicted octanol–water partition coefficient (Wildman–Crippen LogP) is 4.27. The van der Waals surface area contributed by atoms with Crippen LogP contribution >= 0.6 is 23.1 Å². The van der Waals surface area contributed by atoms with Gasteiger partial charge in [0, 0.05) is 45.2 Å². The minimum atomic E-state index is -0.160. The van der Waals surface area contributed by atoms with Crippen molar-refractivity contribution in [3.8, 4) is 5.75 Å². The van der Waals surface area contributed by atoms with Crippen molar-refractivity contribution in [1.82, 2.24) is 14.7 Å². The maximum atomic E-state index is 12.1. The molecule has 1 fully saturated rings. The normalized spacial score (nSPS) is 15.3. The average Bonchev–Trinajstić information content (AvgIpc) is 3.01. The Morgan fingerprint density at radius 2 is 2.28 bits per heavy atom. The number of hydrogen-bond donors (Lipinski definition) is 2. The molecule has 2 aromatic heterocycles. The second-order valence-corrected chi connectivity index (χ2v) is 7.79. The highest BCUT2D eigenvalue weighted by Crippen LogP contribution is 2.45. The summed E-state index contributed by atoms with van der Waals surface area (Å²) in [6, 6.07) is 5.77. The lowest BCUT2D eigenvalue weighted by atomic mass is 10.1. The molecule has 2 N–H and O–H groups in total. The summed E-state index contributed by atoms with van der Waals surface area (Å²) in [5, 5.41) is 6.50. The van der Waals surface area contributed by atoms with Crippen molar-refractivity contribution >= 4 is 39.9 Å². The summed E-state index contributed by atoms with van der Waals surface area (Å²) < 4.78 is 9.85. The van der Waals surface area contributed by atoms with E-state index >= 15 is 0 Å². The minimum Gasteiger partial charge on any atom is -0.487 e. The zero-order chi connectivity index (χ0) is 17.4. The first-order valence-corrected chi connectivity index (χ1v) is 9.35. The molecule has 1 aliphatic rings. The summed E-state index contributed by atoms with van der Waals surface area (Å²) in [6.45, 7) is 2.92. The fourth-order valence-electron chi connectivity index (χ4n) is 2.66. The number of hydrogen-bond acceptors (Lipinski definition) is 4. The van der Waals surface area contributed by atoms with E-state index in [-0.39, 0.29) is 11.3 Å². The third-order valence-corrected chi connectivity index (χ3v) is 5.53. The van der Waals surface area contributed by atoms with Gasteiger partial charge in [0.15, 0.2) is 0 Å². The standard InChI is InChI=1S/C18H18ClN3O2S/c1-18(2-3-18)17(23)20-8-13-4-12-5-14(19)16(6-15(12)22-13)24-9-11-7-21-25-10-11/h4-7,10,22H,2-3,8-9H2,1H3,(H,20,23). The SMILES string of the molecule is CC1(C(=O)NCc2cc3cc(Cl)c(OCc4cnsc4)cc3[nH]2)CC1. The lowest BCUT2D eigenvalue weighted by Crippen LogP contribution is -2.29. The van der Waals surface area contributed by atoms with Crippen molar-refractivity contribution < 1.29 is 9.53 Å². The van der Waals surface area contributed by atoms with Gasteiger partial charge in [-0.05, 0) is 36.5 Å². The molecular weight excluding hydrogens is 358 g/mol. The van der Waals surface area contributed by atoms with E-state index < -0.39 is 0 Å². The van der Waals surface area contributed by atoms with Gasteiger partial charge in [-0.25, -0.2) is 4.37 Å². The third-order valence-electron chi connectivity index (χ3n) is 4.59. The Bertz CT molecular complexity index is 916. The molecule has 0 saturated heterocycles. The van der Waals surface area contributed by atoms with Crippen LogP contribution in [0.1, 0.15) is 31.0 Å². The van der Waals surface area contributed by atoms with E-state index in [9.17, 15) is 4.79 Å². The van der Waals surface area contributed by atoms with Crippen molar-refractivity contribution in [2.75, 3.05) is 0 Å². The summed E-state index contributed by atoms with van der Waals surface area (Å²) in [4.78, 5) is 15.4. The van der Waals surface area contributed by atoms with Gasteiger partial charge in [0.1, 0.15) is 12.4 Å². The Morgan fingerprint density at radius 3 is 3.00 bits per heavy atom. The van der Waals surface area contributed by atoms with Crippen LogP contribution in [0.5, 0.6) is 5.75 Å². The van der Waals surface area contributed by atoms with E-state index in [2.05, 4.69) is 14.7 Å². The Balaban J connectivity index is 1.47. The number of rotatable bonds is 6. The fraction of sp³-hybridized carbons (Fsp3) is 0.333. The highest BCUT2D eigenvalue weighted by atomic mass is 35.5. The third kappa shape index (κ3) is 3.50. The number of halogens is 1. The van der Waals surface area contributed by atoms with Crippen LogP contribution < -0.4 is 10.1 Å². The van der Waals surface area contributed by atoms with Gasteiger partial charge in [0.05, 0.1) is 11.6 Å². The van der Waals surface area contributed by atoms with Gasteiger partial charge >= 0.3 is 0 Å². The number of H-pyrrole nitrogens is 1. The topological polar surface area (TPSA) is 67.0 Å². The van der Waals surface area contributed by atoms with Crippen molar-refractivity contribution in [2.45, 2.75) is 32.9 Å². The molecule has 5 nitrogen and oxygen atoms in total. The summed E-state index contributed by atoms with van der Waals surface area (Å²) in [5.74, 6) is 0.751. The Kier molecular flexibility index (Phi) is 4.17. The molecule has 0 radical (unpaired) electrons. The number of nitrogens with one attached hydrogen (secondary N) is 2. The molecule has 3 aromatic rings. The van der Waals surface area contributed by atoms with Crippen LogP contribution in [0, 0.1) is 5.41 Å². The van der Waals surface area contributed by atoms with Crippen LogP contribution in [0.3, 0.4) is 0 Å². The van der Waals surface area contributed by atoms with Gasteiger partial charge in [-0.2, -0.15) is 0 Å². The number of nitrogens with zero attached hydrogens (tertiary/aromatic N) is 1. The highest BCUT2D eigenvalue weighted by molar-refractivity contribution is 7.03. The van der Waals surface area contributed by atoms with Crippen LogP contribution in [-0.4, -0.2) is 15.3 Å². The molecule has 130 valence electrons. The molecule has 25 heavy (non-hydrogen) atoms. The maximum Gasteiger partial charge on any atom is 0.226 e. The number of ether oxygens (including phenoxy) is 1. The fourth-order valence-corrected chi connectivity index (χ4v) is 3.41. The van der Waals surface area contributed by atoms with Crippen LogP contribution in [0.25, 0.3) is 10.9 Å². The number of carbonyl (C=O) groups excluding carboxylic acids is 1. The molecule has 0 unspecified atom stereocenters. The van der Waals surface area contributed by atoms with Crippen molar-refractivity contribution in [3.63, 3.8) is 0 Å².